The van der Waals surface area contributed by atoms with Gasteiger partial charge in [-0.25, -0.2) is 4.98 Å². The largest absolute Gasteiger partial charge is 0.469 e. The van der Waals surface area contributed by atoms with Gasteiger partial charge in [0, 0.05) is 18.9 Å². The van der Waals surface area contributed by atoms with Crippen LogP contribution in [0.4, 0.5) is 0 Å². The molecule has 1 aliphatic rings. The molecule has 0 N–H and O–H groups in total. The first kappa shape index (κ1) is 12.0. The van der Waals surface area contributed by atoms with Crippen LogP contribution < -0.4 is 0 Å². The van der Waals surface area contributed by atoms with Crippen LogP contribution in [0.25, 0.3) is 0 Å². The number of hydrogen-bond acceptors (Lipinski definition) is 3. The van der Waals surface area contributed by atoms with Crippen LogP contribution >= 0.6 is 0 Å². The Kier molecular flexibility index (Phi) is 3.07. The highest BCUT2D eigenvalue weighted by atomic mass is 16.5. The lowest BCUT2D eigenvalue weighted by atomic mass is 10.1. The van der Waals surface area contributed by atoms with Crippen molar-refractivity contribution in [1.82, 2.24) is 9.55 Å². The second-order valence-corrected chi connectivity index (χ2v) is 4.95. The molecule has 4 heteroatoms. The average molecular weight is 256 g/mol. The number of carbonyl (C=O) groups is 1. The summed E-state index contributed by atoms with van der Waals surface area (Å²) >= 11 is 0. The van der Waals surface area contributed by atoms with E-state index in [1.165, 1.54) is 18.2 Å². The lowest BCUT2D eigenvalue weighted by Crippen LogP contribution is -2.04. The quantitative estimate of drug-likeness (QED) is 0.788. The Balaban J connectivity index is 1.65. The molecule has 1 heterocycles. The highest BCUT2D eigenvalue weighted by molar-refractivity contribution is 5.77. The Morgan fingerprint density at radius 1 is 1.42 bits per heavy atom. The van der Waals surface area contributed by atoms with Gasteiger partial charge in [-0.2, -0.15) is 0 Å². The number of rotatable bonds is 4. The topological polar surface area (TPSA) is 44.1 Å². The molecule has 1 aromatic carbocycles. The van der Waals surface area contributed by atoms with Gasteiger partial charge in [0.25, 0.3) is 0 Å². The number of esters is 1. The maximum atomic E-state index is 11.4. The Morgan fingerprint density at radius 2 is 2.21 bits per heavy atom. The molecule has 4 nitrogen and oxygen atoms in total. The smallest absolute Gasteiger partial charge is 0.309 e. The van der Waals surface area contributed by atoms with Gasteiger partial charge in [-0.05, 0) is 23.5 Å². The first-order valence-corrected chi connectivity index (χ1v) is 6.40. The fourth-order valence-corrected chi connectivity index (χ4v) is 2.44. The number of carbonyl (C=O) groups excluding carboxylic acids is 1. The molecule has 3 rings (SSSR count). The summed E-state index contributed by atoms with van der Waals surface area (Å²) < 4.78 is 6.80. The third kappa shape index (κ3) is 2.52. The van der Waals surface area contributed by atoms with Gasteiger partial charge in [0.15, 0.2) is 0 Å². The molecule has 1 saturated carbocycles. The van der Waals surface area contributed by atoms with Crippen molar-refractivity contribution in [3.63, 3.8) is 0 Å². The van der Waals surface area contributed by atoms with E-state index in [0.717, 1.165) is 13.0 Å². The van der Waals surface area contributed by atoms with Gasteiger partial charge >= 0.3 is 5.97 Å². The van der Waals surface area contributed by atoms with E-state index in [2.05, 4.69) is 29.2 Å². The SMILES string of the molecule is COC(=O)C1CC1c1ccc(Cn2ccnc2)cc1. The lowest BCUT2D eigenvalue weighted by molar-refractivity contribution is -0.142. The van der Waals surface area contributed by atoms with E-state index in [0.29, 0.717) is 5.92 Å². The molecule has 2 aromatic rings. The molecule has 0 amide bonds. The molecular formula is C15H16N2O2. The predicted molar refractivity (Wildman–Crippen MR) is 70.6 cm³/mol. The van der Waals surface area contributed by atoms with E-state index in [1.54, 1.807) is 6.20 Å². The van der Waals surface area contributed by atoms with Crippen LogP contribution in [0.5, 0.6) is 0 Å². The van der Waals surface area contributed by atoms with Crippen LogP contribution in [-0.4, -0.2) is 22.6 Å². The van der Waals surface area contributed by atoms with Gasteiger partial charge < -0.3 is 9.30 Å². The zero-order valence-corrected chi connectivity index (χ0v) is 10.8. The Hall–Kier alpha value is -2.10. The molecule has 1 aromatic heterocycles. The molecule has 1 aliphatic carbocycles. The number of imidazole rings is 1. The maximum Gasteiger partial charge on any atom is 0.309 e. The van der Waals surface area contributed by atoms with Gasteiger partial charge in [-0.15, -0.1) is 0 Å². The second-order valence-electron chi connectivity index (χ2n) is 4.95. The summed E-state index contributed by atoms with van der Waals surface area (Å²) in [6, 6.07) is 8.45. The summed E-state index contributed by atoms with van der Waals surface area (Å²) in [6.07, 6.45) is 6.44. The van der Waals surface area contributed by atoms with Gasteiger partial charge in [0.2, 0.25) is 0 Å². The van der Waals surface area contributed by atoms with Crippen molar-refractivity contribution < 1.29 is 9.53 Å². The lowest BCUT2D eigenvalue weighted by Gasteiger charge is -2.04. The summed E-state index contributed by atoms with van der Waals surface area (Å²) in [6.45, 7) is 0.825. The molecule has 2 atom stereocenters. The summed E-state index contributed by atoms with van der Waals surface area (Å²) in [5.41, 5.74) is 2.46. The average Bonchev–Trinajstić information content (AvgIpc) is 3.08. The van der Waals surface area contributed by atoms with Crippen LogP contribution in [0.3, 0.4) is 0 Å². The minimum Gasteiger partial charge on any atom is -0.469 e. The minimum atomic E-state index is -0.0903. The monoisotopic (exact) mass is 256 g/mol. The molecule has 0 spiro atoms. The van der Waals surface area contributed by atoms with Gasteiger partial charge in [-0.3, -0.25) is 4.79 Å². The third-order valence-electron chi connectivity index (χ3n) is 3.63. The highest BCUT2D eigenvalue weighted by Gasteiger charge is 2.44. The summed E-state index contributed by atoms with van der Waals surface area (Å²) in [5.74, 6) is 0.312. The first-order valence-electron chi connectivity index (χ1n) is 6.40. The van der Waals surface area contributed by atoms with Crippen LogP contribution in [-0.2, 0) is 16.1 Å². The Bertz CT molecular complexity index is 560. The summed E-state index contributed by atoms with van der Waals surface area (Å²) in [7, 11) is 1.45. The molecule has 98 valence electrons. The van der Waals surface area contributed by atoms with Crippen molar-refractivity contribution in [2.75, 3.05) is 7.11 Å². The number of hydrogen-bond donors (Lipinski definition) is 0. The normalized spacial score (nSPS) is 21.1. The Labute approximate surface area is 112 Å². The fraction of sp³-hybridized carbons (Fsp3) is 0.333. The van der Waals surface area contributed by atoms with Crippen LogP contribution in [0.1, 0.15) is 23.5 Å². The van der Waals surface area contributed by atoms with Crippen molar-refractivity contribution >= 4 is 5.97 Å². The zero-order valence-electron chi connectivity index (χ0n) is 10.8. The highest BCUT2D eigenvalue weighted by Crippen LogP contribution is 2.48. The Morgan fingerprint density at radius 3 is 2.84 bits per heavy atom. The molecule has 19 heavy (non-hydrogen) atoms. The van der Waals surface area contributed by atoms with Crippen molar-refractivity contribution in [2.45, 2.75) is 18.9 Å². The van der Waals surface area contributed by atoms with Gasteiger partial charge in [0.1, 0.15) is 0 Å². The molecule has 1 fully saturated rings. The van der Waals surface area contributed by atoms with Crippen molar-refractivity contribution in [2.24, 2.45) is 5.92 Å². The van der Waals surface area contributed by atoms with E-state index in [9.17, 15) is 4.79 Å². The first-order chi connectivity index (χ1) is 9.28. The van der Waals surface area contributed by atoms with Crippen LogP contribution in [0.15, 0.2) is 43.0 Å². The maximum absolute atomic E-state index is 11.4. The third-order valence-corrected chi connectivity index (χ3v) is 3.63. The molecule has 0 aliphatic heterocycles. The molecule has 0 radical (unpaired) electrons. The van der Waals surface area contributed by atoms with Crippen molar-refractivity contribution in [1.29, 1.82) is 0 Å². The minimum absolute atomic E-state index is 0.0597. The zero-order chi connectivity index (χ0) is 13.2. The van der Waals surface area contributed by atoms with Crippen molar-refractivity contribution in [3.8, 4) is 0 Å². The fourth-order valence-electron chi connectivity index (χ4n) is 2.44. The second kappa shape index (κ2) is 4.88. The van der Waals surface area contributed by atoms with E-state index in [1.807, 2.05) is 17.1 Å². The van der Waals surface area contributed by atoms with Gasteiger partial charge in [0.05, 0.1) is 19.4 Å². The number of aromatic nitrogens is 2. The number of benzene rings is 1. The predicted octanol–water partition coefficient (Wildman–Crippen LogP) is 2.21. The van der Waals surface area contributed by atoms with E-state index in [-0.39, 0.29) is 11.9 Å². The van der Waals surface area contributed by atoms with E-state index < -0.39 is 0 Å². The standard InChI is InChI=1S/C15H16N2O2/c1-19-15(18)14-8-13(14)12-4-2-11(3-5-12)9-17-7-6-16-10-17/h2-7,10,13-14H,8-9H2,1H3. The molecule has 0 saturated heterocycles. The molecule has 0 bridgehead atoms. The summed E-state index contributed by atoms with van der Waals surface area (Å²) in [5, 5.41) is 0. The number of nitrogens with zero attached hydrogens (tertiary/aromatic N) is 2. The molecule has 2 unspecified atom stereocenters. The van der Waals surface area contributed by atoms with Crippen LogP contribution in [0, 0.1) is 5.92 Å². The number of methoxy groups -OCH3 is 1. The van der Waals surface area contributed by atoms with E-state index >= 15 is 0 Å². The number of ether oxygens (including phenoxy) is 1. The van der Waals surface area contributed by atoms with Crippen molar-refractivity contribution in [3.05, 3.63) is 54.1 Å². The van der Waals surface area contributed by atoms with E-state index in [4.69, 9.17) is 4.74 Å². The summed E-state index contributed by atoms with van der Waals surface area (Å²) in [4.78, 5) is 15.4. The van der Waals surface area contributed by atoms with Gasteiger partial charge in [-0.1, -0.05) is 24.3 Å². The molecular weight excluding hydrogens is 240 g/mol. The van der Waals surface area contributed by atoms with Crippen LogP contribution in [0.2, 0.25) is 0 Å².